The van der Waals surface area contributed by atoms with Crippen LogP contribution in [0.3, 0.4) is 0 Å². The molecule has 2 nitrogen and oxygen atoms in total. The van der Waals surface area contributed by atoms with Gasteiger partial charge in [0.05, 0.1) is 6.04 Å². The Morgan fingerprint density at radius 3 is 2.33 bits per heavy atom. The van der Waals surface area contributed by atoms with Crippen molar-refractivity contribution >= 4 is 0 Å². The average molecular weight is 87.1 g/mol. The summed E-state index contributed by atoms with van der Waals surface area (Å²) in [5.74, 6) is 0. The van der Waals surface area contributed by atoms with Gasteiger partial charge in [-0.2, -0.15) is 4.91 Å². The number of hydrogen-bond acceptors (Lipinski definition) is 2. The van der Waals surface area contributed by atoms with Crippen LogP contribution in [0.5, 0.6) is 0 Å². The van der Waals surface area contributed by atoms with E-state index in [-0.39, 0.29) is 6.04 Å². The molecule has 36 valence electrons. The van der Waals surface area contributed by atoms with Gasteiger partial charge in [-0.15, -0.1) is 0 Å². The van der Waals surface area contributed by atoms with Crippen LogP contribution in [-0.4, -0.2) is 6.04 Å². The zero-order valence-electron chi connectivity index (χ0n) is 4.14. The molecule has 0 saturated heterocycles. The lowest BCUT2D eigenvalue weighted by Gasteiger charge is -1.88. The molecule has 0 heterocycles. The van der Waals surface area contributed by atoms with Crippen LogP contribution >= 0.6 is 0 Å². The second-order valence-corrected chi connectivity index (χ2v) is 1.36. The number of hydrogen-bond donors (Lipinski definition) is 0. The van der Waals surface area contributed by atoms with Crippen molar-refractivity contribution in [3.05, 3.63) is 4.91 Å². The normalized spacial score (nSPS) is 13.7. The highest BCUT2D eigenvalue weighted by atomic mass is 16.3. The highest BCUT2D eigenvalue weighted by Gasteiger charge is 1.90. The van der Waals surface area contributed by atoms with E-state index < -0.39 is 0 Å². The van der Waals surface area contributed by atoms with Crippen LogP contribution in [0.2, 0.25) is 0 Å². The standard InChI is InChI=1S/C4H9NO/c1-3-4(2)5-6/h4H,3H2,1-2H3. The van der Waals surface area contributed by atoms with E-state index in [1.54, 1.807) is 6.92 Å². The molecule has 0 aliphatic rings. The van der Waals surface area contributed by atoms with E-state index in [0.717, 1.165) is 6.42 Å². The van der Waals surface area contributed by atoms with Crippen molar-refractivity contribution in [2.24, 2.45) is 5.18 Å². The van der Waals surface area contributed by atoms with E-state index in [1.807, 2.05) is 6.92 Å². The van der Waals surface area contributed by atoms with Crippen LogP contribution in [0, 0.1) is 4.91 Å². The summed E-state index contributed by atoms with van der Waals surface area (Å²) in [6, 6.07) is 0.00463. The molecule has 0 bridgehead atoms. The Labute approximate surface area is 37.5 Å². The van der Waals surface area contributed by atoms with Crippen molar-refractivity contribution in [2.75, 3.05) is 0 Å². The van der Waals surface area contributed by atoms with Crippen LogP contribution in [0.4, 0.5) is 0 Å². The summed E-state index contributed by atoms with van der Waals surface area (Å²) >= 11 is 0. The first-order valence-electron chi connectivity index (χ1n) is 2.13. The van der Waals surface area contributed by atoms with E-state index in [1.165, 1.54) is 0 Å². The summed E-state index contributed by atoms with van der Waals surface area (Å²) in [5, 5.41) is 2.76. The highest BCUT2D eigenvalue weighted by molar-refractivity contribution is 4.51. The average Bonchev–Trinajstić information content (AvgIpc) is 1.65. The van der Waals surface area contributed by atoms with Crippen LogP contribution in [0.1, 0.15) is 20.3 Å². The Bertz CT molecular complexity index is 44.8. The Morgan fingerprint density at radius 2 is 2.33 bits per heavy atom. The van der Waals surface area contributed by atoms with Crippen molar-refractivity contribution in [1.29, 1.82) is 0 Å². The van der Waals surface area contributed by atoms with Gasteiger partial charge < -0.3 is 0 Å². The van der Waals surface area contributed by atoms with Gasteiger partial charge in [0.1, 0.15) is 0 Å². The van der Waals surface area contributed by atoms with Gasteiger partial charge in [-0.3, -0.25) is 0 Å². The molecule has 0 aromatic carbocycles. The summed E-state index contributed by atoms with van der Waals surface area (Å²) in [4.78, 5) is 9.49. The van der Waals surface area contributed by atoms with Gasteiger partial charge in [0.25, 0.3) is 0 Å². The quantitative estimate of drug-likeness (QED) is 0.470. The van der Waals surface area contributed by atoms with Gasteiger partial charge in [-0.25, -0.2) is 0 Å². The molecule has 2 heteroatoms. The number of rotatable bonds is 2. The van der Waals surface area contributed by atoms with E-state index in [2.05, 4.69) is 5.18 Å². The molecular formula is C4H9NO. The maximum absolute atomic E-state index is 9.49. The second-order valence-electron chi connectivity index (χ2n) is 1.36. The highest BCUT2D eigenvalue weighted by Crippen LogP contribution is 1.90. The predicted octanol–water partition coefficient (Wildman–Crippen LogP) is 1.55. The van der Waals surface area contributed by atoms with Gasteiger partial charge in [-0.1, -0.05) is 12.1 Å². The van der Waals surface area contributed by atoms with Crippen molar-refractivity contribution < 1.29 is 0 Å². The van der Waals surface area contributed by atoms with E-state index in [0.29, 0.717) is 0 Å². The number of nitrogens with zero attached hydrogens (tertiary/aromatic N) is 1. The topological polar surface area (TPSA) is 29.4 Å². The summed E-state index contributed by atoms with van der Waals surface area (Å²) < 4.78 is 0. The molecule has 0 N–H and O–H groups in total. The summed E-state index contributed by atoms with van der Waals surface area (Å²) in [5.41, 5.74) is 0. The minimum absolute atomic E-state index is 0.00463. The Balaban J connectivity index is 2.96. The molecular weight excluding hydrogens is 78.0 g/mol. The van der Waals surface area contributed by atoms with Crippen LogP contribution < -0.4 is 0 Å². The van der Waals surface area contributed by atoms with Gasteiger partial charge in [0, 0.05) is 0 Å². The maximum atomic E-state index is 9.49. The van der Waals surface area contributed by atoms with E-state index >= 15 is 0 Å². The maximum Gasteiger partial charge on any atom is 0.0889 e. The fourth-order valence-electron chi connectivity index (χ4n) is 0.0745. The van der Waals surface area contributed by atoms with E-state index in [9.17, 15) is 4.91 Å². The van der Waals surface area contributed by atoms with Gasteiger partial charge in [0.2, 0.25) is 0 Å². The molecule has 0 spiro atoms. The lowest BCUT2D eigenvalue weighted by molar-refractivity contribution is 0.711. The minimum Gasteiger partial charge on any atom is -0.151 e. The molecule has 1 atom stereocenters. The van der Waals surface area contributed by atoms with Gasteiger partial charge >= 0.3 is 0 Å². The first-order valence-corrected chi connectivity index (χ1v) is 2.13. The van der Waals surface area contributed by atoms with Crippen LogP contribution in [0.25, 0.3) is 0 Å². The summed E-state index contributed by atoms with van der Waals surface area (Å²) in [7, 11) is 0. The number of nitroso groups, excluding NO2 is 1. The molecule has 0 aromatic heterocycles. The smallest absolute Gasteiger partial charge is 0.0889 e. The van der Waals surface area contributed by atoms with Crippen molar-refractivity contribution in [2.45, 2.75) is 26.3 Å². The zero-order valence-corrected chi connectivity index (χ0v) is 4.14. The lowest BCUT2D eigenvalue weighted by Crippen LogP contribution is -1.89. The first-order chi connectivity index (χ1) is 2.81. The molecule has 6 heavy (non-hydrogen) atoms. The van der Waals surface area contributed by atoms with Crippen LogP contribution in [0.15, 0.2) is 5.18 Å². The van der Waals surface area contributed by atoms with Gasteiger partial charge in [-0.05, 0) is 13.3 Å². The lowest BCUT2D eigenvalue weighted by atomic mass is 10.3. The predicted molar refractivity (Wildman–Crippen MR) is 25.5 cm³/mol. The van der Waals surface area contributed by atoms with Crippen molar-refractivity contribution in [1.82, 2.24) is 0 Å². The summed E-state index contributed by atoms with van der Waals surface area (Å²) in [6.07, 6.45) is 0.851. The Morgan fingerprint density at radius 1 is 1.83 bits per heavy atom. The zero-order chi connectivity index (χ0) is 4.99. The minimum atomic E-state index is 0.00463. The first kappa shape index (κ1) is 5.60. The third kappa shape index (κ3) is 1.88. The molecule has 0 fully saturated rings. The Kier molecular flexibility index (Phi) is 2.63. The second kappa shape index (κ2) is 2.82. The molecule has 0 amide bonds. The fourth-order valence-corrected chi connectivity index (χ4v) is 0.0745. The monoisotopic (exact) mass is 87.1 g/mol. The summed E-state index contributed by atoms with van der Waals surface area (Å²) in [6.45, 7) is 3.74. The third-order valence-electron chi connectivity index (χ3n) is 0.771. The molecule has 1 unspecified atom stereocenters. The van der Waals surface area contributed by atoms with Crippen molar-refractivity contribution in [3.8, 4) is 0 Å². The fraction of sp³-hybridized carbons (Fsp3) is 1.00. The molecule has 0 aliphatic heterocycles. The van der Waals surface area contributed by atoms with Gasteiger partial charge in [0.15, 0.2) is 0 Å². The molecule has 0 rings (SSSR count). The largest absolute Gasteiger partial charge is 0.151 e. The molecule has 0 aliphatic carbocycles. The SMILES string of the molecule is CCC(C)N=O. The third-order valence-corrected chi connectivity index (χ3v) is 0.771. The van der Waals surface area contributed by atoms with E-state index in [4.69, 9.17) is 0 Å². The van der Waals surface area contributed by atoms with Crippen LogP contribution in [-0.2, 0) is 0 Å². The molecule has 0 radical (unpaired) electrons. The molecule has 0 aromatic rings. The molecule has 0 saturated carbocycles. The van der Waals surface area contributed by atoms with Crippen molar-refractivity contribution in [3.63, 3.8) is 0 Å². The Hall–Kier alpha value is -0.400.